The molecule has 2 aliphatic heterocycles. The summed E-state index contributed by atoms with van der Waals surface area (Å²) in [7, 11) is 0. The smallest absolute Gasteiger partial charge is 0.547 e. The number of halogens is 1. The van der Waals surface area contributed by atoms with E-state index in [9.17, 15) is 19.5 Å². The molecule has 0 unspecified atom stereocenters. The van der Waals surface area contributed by atoms with E-state index in [2.05, 4.69) is 15.9 Å². The van der Waals surface area contributed by atoms with Crippen LogP contribution in [0, 0.1) is 0 Å². The summed E-state index contributed by atoms with van der Waals surface area (Å²) in [5.74, 6) is -2.33. The first kappa shape index (κ1) is 16.5. The minimum Gasteiger partial charge on any atom is -0.547 e. The number of aliphatic carboxylic acids is 1. The summed E-state index contributed by atoms with van der Waals surface area (Å²) >= 11 is 4.33. The molecular weight excluding hydrogens is 333 g/mol. The van der Waals surface area contributed by atoms with Crippen molar-refractivity contribution >= 4 is 45.4 Å². The summed E-state index contributed by atoms with van der Waals surface area (Å²) in [5.41, 5.74) is -1.85. The van der Waals surface area contributed by atoms with Crippen LogP contribution in [0.25, 0.3) is 0 Å². The van der Waals surface area contributed by atoms with E-state index in [1.165, 1.54) is 16.7 Å². The van der Waals surface area contributed by atoms with Gasteiger partial charge in [0.1, 0.15) is 0 Å². The number of thioether (sulfide) groups is 1. The van der Waals surface area contributed by atoms with Crippen LogP contribution in [-0.2, 0) is 14.4 Å². The molecule has 0 aliphatic carbocycles. The van der Waals surface area contributed by atoms with Crippen molar-refractivity contribution in [3.63, 3.8) is 0 Å². The van der Waals surface area contributed by atoms with Crippen molar-refractivity contribution < 1.29 is 49.0 Å². The first-order valence-corrected chi connectivity index (χ1v) is 7.10. The number of nitrogens with zero attached hydrogens (tertiary/aromatic N) is 1. The fraction of sp³-hybridized carbons (Fsp3) is 0.700. The Hall–Kier alpha value is 0.440. The van der Waals surface area contributed by atoms with Crippen LogP contribution < -0.4 is 34.7 Å². The van der Waals surface area contributed by atoms with Crippen LogP contribution in [0.5, 0.6) is 0 Å². The normalized spacial score (nSPS) is 32.3. The minimum atomic E-state index is -1.85. The van der Waals surface area contributed by atoms with Crippen molar-refractivity contribution in [3.05, 3.63) is 0 Å². The van der Waals surface area contributed by atoms with Crippen molar-refractivity contribution in [1.82, 2.24) is 4.90 Å². The van der Waals surface area contributed by atoms with Gasteiger partial charge < -0.3 is 14.8 Å². The second-order valence-electron chi connectivity index (χ2n) is 4.61. The molecule has 0 radical (unpaired) electrons. The number of ketones is 1. The second kappa shape index (κ2) is 5.09. The van der Waals surface area contributed by atoms with Gasteiger partial charge in [-0.15, -0.1) is 11.8 Å². The number of amides is 1. The van der Waals surface area contributed by atoms with Crippen molar-refractivity contribution in [2.24, 2.45) is 0 Å². The maximum atomic E-state index is 12.1. The Morgan fingerprint density at radius 3 is 2.50 bits per heavy atom. The zero-order valence-corrected chi connectivity index (χ0v) is 14.8. The Kier molecular flexibility index (Phi) is 4.66. The number of fused-ring (bicyclic) bond motifs is 1. The molecule has 94 valence electrons. The molecule has 2 rings (SSSR count). The summed E-state index contributed by atoms with van der Waals surface area (Å²) in [6, 6.07) is 0. The largest absolute Gasteiger partial charge is 1.00 e. The molecule has 8 heteroatoms. The van der Waals surface area contributed by atoms with Gasteiger partial charge in [0.25, 0.3) is 0 Å². The van der Waals surface area contributed by atoms with Crippen LogP contribution in [0.1, 0.15) is 20.3 Å². The predicted octanol–water partition coefficient (Wildman–Crippen LogP) is -3.47. The fourth-order valence-electron chi connectivity index (χ4n) is 2.62. The molecule has 0 aromatic heterocycles. The van der Waals surface area contributed by atoms with Crippen molar-refractivity contribution in [3.8, 4) is 0 Å². The van der Waals surface area contributed by atoms with Crippen LogP contribution in [0.2, 0.25) is 0 Å². The quantitative estimate of drug-likeness (QED) is 0.230. The van der Waals surface area contributed by atoms with E-state index in [1.807, 2.05) is 0 Å². The molecule has 0 saturated carbocycles. The molecule has 2 saturated heterocycles. The number of carboxylic acid groups (broad SMARTS) is 1. The van der Waals surface area contributed by atoms with Gasteiger partial charge in [-0.2, -0.15) is 0 Å². The monoisotopic (exact) mass is 343 g/mol. The number of alkyl halides is 1. The number of carbonyl (C=O) groups is 3. The number of hydrogen-bond donors (Lipinski definition) is 0. The van der Waals surface area contributed by atoms with Gasteiger partial charge in [-0.3, -0.25) is 9.59 Å². The van der Waals surface area contributed by atoms with Gasteiger partial charge in [-0.05, 0) is 13.8 Å². The Morgan fingerprint density at radius 2 is 2.11 bits per heavy atom. The van der Waals surface area contributed by atoms with Gasteiger partial charge in [0.2, 0.25) is 5.91 Å². The molecule has 2 heterocycles. The number of carboxylic acids is 1. The zero-order chi connectivity index (χ0) is 13.0. The number of carbonyl (C=O) groups excluding carboxylic acids is 3. The number of β-lactam (4-membered cyclic amide) rings is 1. The molecule has 0 aromatic rings. The van der Waals surface area contributed by atoms with Crippen molar-refractivity contribution in [2.45, 2.75) is 35.9 Å². The third kappa shape index (κ3) is 1.82. The predicted molar refractivity (Wildman–Crippen MR) is 63.5 cm³/mol. The topological polar surface area (TPSA) is 77.5 Å². The molecule has 2 fully saturated rings. The van der Waals surface area contributed by atoms with Gasteiger partial charge in [-0.25, -0.2) is 0 Å². The third-order valence-corrected chi connectivity index (χ3v) is 5.43. The summed E-state index contributed by atoms with van der Waals surface area (Å²) in [6.45, 7) is 3.33. The van der Waals surface area contributed by atoms with E-state index in [0.717, 1.165) is 0 Å². The SMILES string of the molecule is CC1(C)S[C@@H]2CC(=O)N2[C@]1(C(=O)[O-])C(=O)CBr.[Na+]. The van der Waals surface area contributed by atoms with Crippen LogP contribution in [0.3, 0.4) is 0 Å². The van der Waals surface area contributed by atoms with E-state index in [0.29, 0.717) is 6.42 Å². The average molecular weight is 344 g/mol. The summed E-state index contributed by atoms with van der Waals surface area (Å²) in [6.07, 6.45) is 0.290. The van der Waals surface area contributed by atoms with E-state index < -0.39 is 22.0 Å². The fourth-order valence-corrected chi connectivity index (χ4v) is 4.78. The maximum Gasteiger partial charge on any atom is 1.00 e. The molecule has 2 aliphatic rings. The molecule has 0 aromatic carbocycles. The average Bonchev–Trinajstić information content (AvgIpc) is 2.41. The van der Waals surface area contributed by atoms with Crippen LogP contribution in [-0.4, -0.2) is 43.5 Å². The molecule has 0 N–H and O–H groups in total. The first-order valence-electron chi connectivity index (χ1n) is 5.09. The van der Waals surface area contributed by atoms with Gasteiger partial charge in [-0.1, -0.05) is 15.9 Å². The molecule has 2 atom stereocenters. The standard InChI is InChI=1S/C10H12BrNO4S.Na/c1-9(2)10(8(15)16,5(13)4-11)12-6(14)3-7(12)17-9;/h7H,3-4H2,1-2H3,(H,15,16);/q;+1/p-1/t7-,10+;/m1./s1. The van der Waals surface area contributed by atoms with E-state index in [1.54, 1.807) is 13.8 Å². The third-order valence-electron chi connectivity index (χ3n) is 3.39. The van der Waals surface area contributed by atoms with Gasteiger partial charge in [0, 0.05) is 4.75 Å². The van der Waals surface area contributed by atoms with E-state index >= 15 is 0 Å². The first-order chi connectivity index (χ1) is 7.79. The Labute approximate surface area is 139 Å². The zero-order valence-electron chi connectivity index (χ0n) is 10.4. The molecule has 5 nitrogen and oxygen atoms in total. The summed E-state index contributed by atoms with van der Waals surface area (Å²) in [5, 5.41) is 11.2. The van der Waals surface area contributed by atoms with Crippen molar-refractivity contribution in [2.75, 3.05) is 5.33 Å². The van der Waals surface area contributed by atoms with Gasteiger partial charge in [0.05, 0.1) is 23.1 Å². The van der Waals surface area contributed by atoms with Crippen LogP contribution in [0.4, 0.5) is 0 Å². The minimum absolute atomic E-state index is 0. The molecule has 0 bridgehead atoms. The molecule has 0 spiro atoms. The molecule has 18 heavy (non-hydrogen) atoms. The van der Waals surface area contributed by atoms with E-state index in [4.69, 9.17) is 0 Å². The number of rotatable bonds is 3. The second-order valence-corrected chi connectivity index (χ2v) is 6.97. The summed E-state index contributed by atoms with van der Waals surface area (Å²) in [4.78, 5) is 36.3. The summed E-state index contributed by atoms with van der Waals surface area (Å²) < 4.78 is -0.881. The van der Waals surface area contributed by atoms with Gasteiger partial charge >= 0.3 is 29.6 Å². The Morgan fingerprint density at radius 1 is 1.56 bits per heavy atom. The van der Waals surface area contributed by atoms with Crippen molar-refractivity contribution in [1.29, 1.82) is 0 Å². The number of hydrogen-bond acceptors (Lipinski definition) is 5. The van der Waals surface area contributed by atoms with Gasteiger partial charge in [0.15, 0.2) is 11.3 Å². The Balaban J connectivity index is 0.00000162. The molecule has 1 amide bonds. The van der Waals surface area contributed by atoms with Crippen LogP contribution in [0.15, 0.2) is 0 Å². The Bertz CT molecular complexity index is 430. The van der Waals surface area contributed by atoms with Crippen LogP contribution >= 0.6 is 27.7 Å². The number of Topliss-reactive ketones (excluding diaryl/α,β-unsaturated/α-hetero) is 1. The maximum absolute atomic E-state index is 12.1. The van der Waals surface area contributed by atoms with E-state index in [-0.39, 0.29) is 46.2 Å². The molecular formula is C10H11BrNNaO4S.